The predicted molar refractivity (Wildman–Crippen MR) is 121 cm³/mol. The topological polar surface area (TPSA) is 122 Å². The molecule has 2 aromatic rings. The number of amides is 2. The van der Waals surface area contributed by atoms with Crippen molar-refractivity contribution in [2.24, 2.45) is 0 Å². The van der Waals surface area contributed by atoms with Crippen molar-refractivity contribution < 1.29 is 33.8 Å². The summed E-state index contributed by atoms with van der Waals surface area (Å²) in [6, 6.07) is 14.2. The van der Waals surface area contributed by atoms with E-state index in [1.165, 1.54) is 11.8 Å². The van der Waals surface area contributed by atoms with Crippen LogP contribution >= 0.6 is 11.8 Å². The van der Waals surface area contributed by atoms with E-state index in [1.54, 1.807) is 54.6 Å². The normalized spacial score (nSPS) is 26.6. The number of hydrogen-bond acceptors (Lipinski definition) is 8. The average Bonchev–Trinajstić information content (AvgIpc) is 3.51. The summed E-state index contributed by atoms with van der Waals surface area (Å²) in [5.41, 5.74) is 0.970. The van der Waals surface area contributed by atoms with Crippen molar-refractivity contribution in [2.45, 2.75) is 35.2 Å². The second-order valence-electron chi connectivity index (χ2n) is 8.40. The standard InChI is InChI=1S/C24H22N2O7S/c27-18(28)12-17-25-19(24(34-17)10-11-32-13-24)23(31)33-22(14-6-2-1-3-7-14)26-20(29)15-8-4-5-9-16(15)21(26)30/h1-9,17,19,22,25H,10-13H2,(H,27,28). The molecule has 176 valence electrons. The molecule has 2 saturated heterocycles. The van der Waals surface area contributed by atoms with Crippen LogP contribution in [0, 0.1) is 0 Å². The van der Waals surface area contributed by atoms with Gasteiger partial charge < -0.3 is 14.6 Å². The van der Waals surface area contributed by atoms with Crippen molar-refractivity contribution in [2.75, 3.05) is 13.2 Å². The molecule has 0 bridgehead atoms. The van der Waals surface area contributed by atoms with E-state index >= 15 is 0 Å². The fourth-order valence-corrected chi connectivity index (χ4v) is 6.28. The van der Waals surface area contributed by atoms with Crippen LogP contribution in [0.2, 0.25) is 0 Å². The van der Waals surface area contributed by atoms with E-state index in [-0.39, 0.29) is 24.2 Å². The molecule has 1 spiro atoms. The lowest BCUT2D eigenvalue weighted by atomic mass is 9.98. The lowest BCUT2D eigenvalue weighted by Crippen LogP contribution is -2.51. The molecule has 2 N–H and O–H groups in total. The monoisotopic (exact) mass is 482 g/mol. The van der Waals surface area contributed by atoms with Crippen LogP contribution in [0.5, 0.6) is 0 Å². The number of thioether (sulfide) groups is 1. The van der Waals surface area contributed by atoms with Crippen molar-refractivity contribution >= 4 is 35.5 Å². The Hall–Kier alpha value is -3.21. The number of hydrogen-bond donors (Lipinski definition) is 2. The van der Waals surface area contributed by atoms with Crippen LogP contribution in [0.4, 0.5) is 0 Å². The number of benzene rings is 2. The van der Waals surface area contributed by atoms with Crippen LogP contribution in [0.1, 0.15) is 45.3 Å². The summed E-state index contributed by atoms with van der Waals surface area (Å²) in [7, 11) is 0. The number of carbonyl (C=O) groups is 4. The molecule has 5 rings (SSSR count). The molecule has 0 radical (unpaired) electrons. The van der Waals surface area contributed by atoms with Gasteiger partial charge in [0.05, 0.1) is 34.3 Å². The van der Waals surface area contributed by atoms with Crippen molar-refractivity contribution in [3.05, 3.63) is 71.3 Å². The van der Waals surface area contributed by atoms with Gasteiger partial charge in [-0.1, -0.05) is 42.5 Å². The maximum absolute atomic E-state index is 13.5. The average molecular weight is 483 g/mol. The molecule has 0 aliphatic carbocycles. The van der Waals surface area contributed by atoms with E-state index in [2.05, 4.69) is 5.32 Å². The number of rotatable bonds is 6. The third-order valence-corrected chi connectivity index (χ3v) is 7.85. The van der Waals surface area contributed by atoms with Gasteiger partial charge >= 0.3 is 11.9 Å². The molecule has 0 saturated carbocycles. The molecule has 3 heterocycles. The zero-order valence-electron chi connectivity index (χ0n) is 18.0. The zero-order chi connectivity index (χ0) is 23.9. The number of esters is 1. The Morgan fingerprint density at radius 1 is 1.12 bits per heavy atom. The number of imide groups is 1. The van der Waals surface area contributed by atoms with Crippen molar-refractivity contribution in [1.82, 2.24) is 10.2 Å². The molecule has 2 fully saturated rings. The minimum atomic E-state index is -1.27. The number of fused-ring (bicyclic) bond motifs is 1. The van der Waals surface area contributed by atoms with Gasteiger partial charge in [-0.2, -0.15) is 0 Å². The van der Waals surface area contributed by atoms with E-state index in [0.717, 1.165) is 4.90 Å². The number of carboxylic acids is 1. The molecular weight excluding hydrogens is 460 g/mol. The van der Waals surface area contributed by atoms with Crippen LogP contribution < -0.4 is 5.32 Å². The van der Waals surface area contributed by atoms with Crippen LogP contribution in [0.3, 0.4) is 0 Å². The number of carboxylic acid groups (broad SMARTS) is 1. The molecule has 10 heteroatoms. The molecule has 2 amide bonds. The Morgan fingerprint density at radius 3 is 2.35 bits per heavy atom. The Morgan fingerprint density at radius 2 is 1.76 bits per heavy atom. The maximum atomic E-state index is 13.5. The highest BCUT2D eigenvalue weighted by Crippen LogP contribution is 2.46. The third kappa shape index (κ3) is 3.87. The lowest BCUT2D eigenvalue weighted by molar-refractivity contribution is -0.159. The molecule has 0 aromatic heterocycles. The lowest BCUT2D eigenvalue weighted by Gasteiger charge is -2.31. The van der Waals surface area contributed by atoms with E-state index in [1.807, 2.05) is 0 Å². The van der Waals surface area contributed by atoms with Crippen molar-refractivity contribution in [3.8, 4) is 0 Å². The second kappa shape index (κ2) is 8.86. The van der Waals surface area contributed by atoms with Gasteiger partial charge in [0.15, 0.2) is 0 Å². The van der Waals surface area contributed by atoms with E-state index in [9.17, 15) is 24.3 Å². The summed E-state index contributed by atoms with van der Waals surface area (Å²) in [4.78, 5) is 52.1. The van der Waals surface area contributed by atoms with E-state index in [0.29, 0.717) is 18.6 Å². The molecule has 4 atom stereocenters. The molecule has 3 aliphatic rings. The van der Waals surface area contributed by atoms with Gasteiger partial charge in [-0.3, -0.25) is 24.5 Å². The summed E-state index contributed by atoms with van der Waals surface area (Å²) in [5.74, 6) is -2.74. The summed E-state index contributed by atoms with van der Waals surface area (Å²) in [6.45, 7) is 0.711. The van der Waals surface area contributed by atoms with Crippen LogP contribution in [0.15, 0.2) is 54.6 Å². The summed E-state index contributed by atoms with van der Waals surface area (Å²) >= 11 is 1.37. The second-order valence-corrected chi connectivity index (χ2v) is 10.0. The van der Waals surface area contributed by atoms with Crippen LogP contribution in [0.25, 0.3) is 0 Å². The number of ether oxygens (including phenoxy) is 2. The maximum Gasteiger partial charge on any atom is 0.326 e. The fourth-order valence-electron chi connectivity index (χ4n) is 4.63. The van der Waals surface area contributed by atoms with E-state index in [4.69, 9.17) is 9.47 Å². The Balaban J connectivity index is 1.46. The summed E-state index contributed by atoms with van der Waals surface area (Å²) in [6.07, 6.45) is -0.897. The Labute approximate surface area is 199 Å². The first-order valence-corrected chi connectivity index (χ1v) is 11.7. The highest BCUT2D eigenvalue weighted by Gasteiger charge is 2.55. The first-order valence-electron chi connectivity index (χ1n) is 10.9. The van der Waals surface area contributed by atoms with Gasteiger partial charge in [-0.05, 0) is 18.6 Å². The van der Waals surface area contributed by atoms with Gasteiger partial charge in [0, 0.05) is 12.2 Å². The quantitative estimate of drug-likeness (QED) is 0.471. The van der Waals surface area contributed by atoms with Crippen molar-refractivity contribution in [3.63, 3.8) is 0 Å². The molecule has 3 aliphatic heterocycles. The molecule has 4 unspecified atom stereocenters. The van der Waals surface area contributed by atoms with E-state index < -0.39 is 46.1 Å². The minimum absolute atomic E-state index is 0.170. The van der Waals surface area contributed by atoms with Gasteiger partial charge in [0.1, 0.15) is 6.04 Å². The summed E-state index contributed by atoms with van der Waals surface area (Å²) in [5, 5.41) is 11.8. The fraction of sp³-hybridized carbons (Fsp3) is 0.333. The zero-order valence-corrected chi connectivity index (χ0v) is 18.8. The first kappa shape index (κ1) is 22.6. The molecule has 34 heavy (non-hydrogen) atoms. The number of carbonyl (C=O) groups excluding carboxylic acids is 3. The molecule has 2 aromatic carbocycles. The number of nitrogens with zero attached hydrogens (tertiary/aromatic N) is 1. The van der Waals surface area contributed by atoms with Gasteiger partial charge in [-0.25, -0.2) is 4.90 Å². The van der Waals surface area contributed by atoms with Crippen LogP contribution in [-0.2, 0) is 19.1 Å². The molecule has 9 nitrogen and oxygen atoms in total. The van der Waals surface area contributed by atoms with Crippen molar-refractivity contribution in [1.29, 1.82) is 0 Å². The smallest absolute Gasteiger partial charge is 0.326 e. The minimum Gasteiger partial charge on any atom is -0.481 e. The first-order chi connectivity index (χ1) is 16.4. The highest BCUT2D eigenvalue weighted by atomic mass is 32.2. The number of aliphatic carboxylic acids is 1. The third-order valence-electron chi connectivity index (χ3n) is 6.24. The van der Waals surface area contributed by atoms with Gasteiger partial charge in [0.2, 0.25) is 6.23 Å². The SMILES string of the molecule is O=C(O)CC1NC(C(=O)OC(c2ccccc2)N2C(=O)c3ccccc3C2=O)C2(CCOC2)S1. The largest absolute Gasteiger partial charge is 0.481 e. The van der Waals surface area contributed by atoms with Gasteiger partial charge in [-0.15, -0.1) is 11.8 Å². The summed E-state index contributed by atoms with van der Waals surface area (Å²) < 4.78 is 10.7. The predicted octanol–water partition coefficient (Wildman–Crippen LogP) is 2.19. The number of nitrogens with one attached hydrogen (secondary N) is 1. The Bertz CT molecular complexity index is 1110. The van der Waals surface area contributed by atoms with Crippen LogP contribution in [-0.4, -0.2) is 63.1 Å². The van der Waals surface area contributed by atoms with Gasteiger partial charge in [0.25, 0.3) is 11.8 Å². The molecular formula is C24H22N2O7S. The highest BCUT2D eigenvalue weighted by molar-refractivity contribution is 8.01. The Kier molecular flexibility index (Phi) is 5.88.